The van der Waals surface area contributed by atoms with Crippen molar-refractivity contribution in [3.8, 4) is 0 Å². The van der Waals surface area contributed by atoms with E-state index >= 15 is 0 Å². The molecule has 1 aliphatic heterocycles. The van der Waals surface area contributed by atoms with Crippen molar-refractivity contribution in [2.45, 2.75) is 71.0 Å². The largest absolute Gasteiger partial charge is 0.374 e. The molecule has 2 rings (SSSR count). The standard InChI is InChI=1S/C14H27NO/c1-12-6-7-13(16-12)10-15-11-14(2)8-4-3-5-9-14/h12-13,15H,3-11H2,1-2H3. The zero-order valence-corrected chi connectivity index (χ0v) is 10.9. The Bertz CT molecular complexity index is 211. The molecule has 1 saturated carbocycles. The second-order valence-corrected chi connectivity index (χ2v) is 6.15. The lowest BCUT2D eigenvalue weighted by Crippen LogP contribution is -2.37. The lowest BCUT2D eigenvalue weighted by Gasteiger charge is -2.34. The van der Waals surface area contributed by atoms with Crippen molar-refractivity contribution in [3.05, 3.63) is 0 Å². The molecule has 2 atom stereocenters. The monoisotopic (exact) mass is 225 g/mol. The molecule has 1 saturated heterocycles. The number of rotatable bonds is 4. The Morgan fingerprint density at radius 1 is 1.19 bits per heavy atom. The Morgan fingerprint density at radius 3 is 2.56 bits per heavy atom. The third-order valence-corrected chi connectivity index (χ3v) is 4.30. The molecule has 2 aliphatic rings. The molecule has 0 radical (unpaired) electrons. The molecule has 0 spiro atoms. The molecule has 1 N–H and O–H groups in total. The van der Waals surface area contributed by atoms with Gasteiger partial charge in [-0.1, -0.05) is 26.2 Å². The van der Waals surface area contributed by atoms with E-state index in [4.69, 9.17) is 4.74 Å². The molecule has 2 nitrogen and oxygen atoms in total. The molecule has 2 unspecified atom stereocenters. The summed E-state index contributed by atoms with van der Waals surface area (Å²) < 4.78 is 5.82. The summed E-state index contributed by atoms with van der Waals surface area (Å²) in [6.45, 7) is 6.86. The van der Waals surface area contributed by atoms with E-state index in [2.05, 4.69) is 19.2 Å². The van der Waals surface area contributed by atoms with Gasteiger partial charge < -0.3 is 10.1 Å². The molecule has 1 aliphatic carbocycles. The van der Waals surface area contributed by atoms with E-state index in [1.54, 1.807) is 0 Å². The topological polar surface area (TPSA) is 21.3 Å². The van der Waals surface area contributed by atoms with Crippen molar-refractivity contribution in [3.63, 3.8) is 0 Å². The molecule has 94 valence electrons. The summed E-state index contributed by atoms with van der Waals surface area (Å²) in [4.78, 5) is 0. The fraction of sp³-hybridized carbons (Fsp3) is 1.00. The van der Waals surface area contributed by atoms with Gasteiger partial charge in [-0.05, 0) is 38.0 Å². The Kier molecular flexibility index (Phi) is 4.26. The van der Waals surface area contributed by atoms with Crippen LogP contribution in [0.15, 0.2) is 0 Å². The molecule has 2 fully saturated rings. The Morgan fingerprint density at radius 2 is 1.94 bits per heavy atom. The van der Waals surface area contributed by atoms with Crippen LogP contribution in [-0.2, 0) is 4.74 Å². The summed E-state index contributed by atoms with van der Waals surface area (Å²) in [5, 5.41) is 3.63. The van der Waals surface area contributed by atoms with Crippen LogP contribution >= 0.6 is 0 Å². The van der Waals surface area contributed by atoms with Gasteiger partial charge in [-0.15, -0.1) is 0 Å². The molecular weight excluding hydrogens is 198 g/mol. The lowest BCUT2D eigenvalue weighted by molar-refractivity contribution is 0.0534. The van der Waals surface area contributed by atoms with Gasteiger partial charge in [0.15, 0.2) is 0 Å². The van der Waals surface area contributed by atoms with E-state index < -0.39 is 0 Å². The van der Waals surface area contributed by atoms with E-state index in [1.165, 1.54) is 51.5 Å². The molecule has 16 heavy (non-hydrogen) atoms. The lowest BCUT2D eigenvalue weighted by atomic mass is 9.76. The smallest absolute Gasteiger partial charge is 0.0704 e. The van der Waals surface area contributed by atoms with Gasteiger partial charge in [-0.2, -0.15) is 0 Å². The minimum absolute atomic E-state index is 0.474. The van der Waals surface area contributed by atoms with E-state index in [1.807, 2.05) is 0 Å². The van der Waals surface area contributed by atoms with Crippen LogP contribution in [0.25, 0.3) is 0 Å². The van der Waals surface area contributed by atoms with Crippen molar-refractivity contribution in [1.29, 1.82) is 0 Å². The molecular formula is C14H27NO. The van der Waals surface area contributed by atoms with Crippen LogP contribution in [0.3, 0.4) is 0 Å². The predicted octanol–water partition coefficient (Wildman–Crippen LogP) is 3.11. The first-order valence-corrected chi connectivity index (χ1v) is 7.04. The van der Waals surface area contributed by atoms with Gasteiger partial charge in [0.25, 0.3) is 0 Å². The molecule has 2 heteroatoms. The summed E-state index contributed by atoms with van der Waals surface area (Å²) >= 11 is 0. The van der Waals surface area contributed by atoms with Crippen molar-refractivity contribution >= 4 is 0 Å². The van der Waals surface area contributed by atoms with Gasteiger partial charge in [0.2, 0.25) is 0 Å². The van der Waals surface area contributed by atoms with Crippen LogP contribution in [0.5, 0.6) is 0 Å². The second kappa shape index (κ2) is 5.50. The van der Waals surface area contributed by atoms with E-state index in [0.717, 1.165) is 6.54 Å². The maximum absolute atomic E-state index is 5.82. The minimum atomic E-state index is 0.474. The number of nitrogens with one attached hydrogen (secondary N) is 1. The third kappa shape index (κ3) is 3.46. The Hall–Kier alpha value is -0.0800. The van der Waals surface area contributed by atoms with Crippen molar-refractivity contribution in [1.82, 2.24) is 5.32 Å². The van der Waals surface area contributed by atoms with Gasteiger partial charge in [0.1, 0.15) is 0 Å². The summed E-state index contributed by atoms with van der Waals surface area (Å²) in [6, 6.07) is 0. The normalized spacial score (nSPS) is 34.1. The van der Waals surface area contributed by atoms with Crippen LogP contribution in [0.2, 0.25) is 0 Å². The first-order valence-electron chi connectivity index (χ1n) is 7.04. The summed E-state index contributed by atoms with van der Waals surface area (Å²) in [7, 11) is 0. The number of hydrogen-bond donors (Lipinski definition) is 1. The minimum Gasteiger partial charge on any atom is -0.374 e. The second-order valence-electron chi connectivity index (χ2n) is 6.15. The summed E-state index contributed by atoms with van der Waals surface area (Å²) in [5.41, 5.74) is 0.558. The highest BCUT2D eigenvalue weighted by Crippen LogP contribution is 2.34. The van der Waals surface area contributed by atoms with Crippen LogP contribution in [0, 0.1) is 5.41 Å². The SMILES string of the molecule is CC1CCC(CNCC2(C)CCCCC2)O1. The maximum atomic E-state index is 5.82. The first kappa shape index (κ1) is 12.4. The van der Waals surface area contributed by atoms with E-state index in [9.17, 15) is 0 Å². The fourth-order valence-corrected chi connectivity index (χ4v) is 3.15. The van der Waals surface area contributed by atoms with Crippen molar-refractivity contribution in [2.24, 2.45) is 5.41 Å². The Labute approximate surface area is 100 Å². The highest BCUT2D eigenvalue weighted by atomic mass is 16.5. The van der Waals surface area contributed by atoms with Gasteiger partial charge in [-0.3, -0.25) is 0 Å². The van der Waals surface area contributed by atoms with Crippen LogP contribution in [0.1, 0.15) is 58.8 Å². The number of ether oxygens (including phenoxy) is 1. The van der Waals surface area contributed by atoms with E-state index in [-0.39, 0.29) is 0 Å². The van der Waals surface area contributed by atoms with Gasteiger partial charge in [0.05, 0.1) is 12.2 Å². The number of hydrogen-bond acceptors (Lipinski definition) is 2. The zero-order valence-electron chi connectivity index (χ0n) is 10.9. The summed E-state index contributed by atoms with van der Waals surface area (Å²) in [5.74, 6) is 0. The fourth-order valence-electron chi connectivity index (χ4n) is 3.15. The highest BCUT2D eigenvalue weighted by Gasteiger charge is 2.27. The van der Waals surface area contributed by atoms with Gasteiger partial charge in [0, 0.05) is 13.1 Å². The zero-order chi connectivity index (χ0) is 11.4. The van der Waals surface area contributed by atoms with Gasteiger partial charge in [-0.25, -0.2) is 0 Å². The highest BCUT2D eigenvalue weighted by molar-refractivity contribution is 4.81. The van der Waals surface area contributed by atoms with Crippen LogP contribution < -0.4 is 5.32 Å². The molecule has 0 amide bonds. The average molecular weight is 225 g/mol. The molecule has 0 aromatic heterocycles. The van der Waals surface area contributed by atoms with Crippen LogP contribution in [0.4, 0.5) is 0 Å². The third-order valence-electron chi connectivity index (χ3n) is 4.30. The average Bonchev–Trinajstić information content (AvgIpc) is 2.65. The molecule has 0 aromatic rings. The van der Waals surface area contributed by atoms with E-state index in [0.29, 0.717) is 17.6 Å². The van der Waals surface area contributed by atoms with Crippen molar-refractivity contribution < 1.29 is 4.74 Å². The summed E-state index contributed by atoms with van der Waals surface area (Å²) in [6.07, 6.45) is 10.5. The molecule has 0 bridgehead atoms. The predicted molar refractivity (Wildman–Crippen MR) is 67.6 cm³/mol. The molecule has 0 aromatic carbocycles. The Balaban J connectivity index is 1.63. The molecule has 1 heterocycles. The van der Waals surface area contributed by atoms with Gasteiger partial charge >= 0.3 is 0 Å². The first-order chi connectivity index (χ1) is 7.68. The quantitative estimate of drug-likeness (QED) is 0.794. The van der Waals surface area contributed by atoms with Crippen LogP contribution in [-0.4, -0.2) is 25.3 Å². The van der Waals surface area contributed by atoms with Crippen molar-refractivity contribution in [2.75, 3.05) is 13.1 Å². The maximum Gasteiger partial charge on any atom is 0.0704 e.